The van der Waals surface area contributed by atoms with Crippen molar-refractivity contribution in [3.8, 4) is 0 Å². The largest absolute Gasteiger partial charge is 0.341 e. The summed E-state index contributed by atoms with van der Waals surface area (Å²) >= 11 is 0. The van der Waals surface area contributed by atoms with Gasteiger partial charge in [-0.25, -0.2) is 4.39 Å². The third kappa shape index (κ3) is 8.78. The molecule has 0 amide bonds. The van der Waals surface area contributed by atoms with Gasteiger partial charge >= 0.3 is 5.97 Å². The van der Waals surface area contributed by atoms with E-state index in [0.29, 0.717) is 6.42 Å². The van der Waals surface area contributed by atoms with Gasteiger partial charge in [-0.15, -0.1) is 0 Å². The third-order valence-electron chi connectivity index (χ3n) is 2.48. The molecule has 3 N–H and O–H groups in total. The second-order valence-electron chi connectivity index (χ2n) is 4.06. The van der Waals surface area contributed by atoms with E-state index in [9.17, 15) is 4.39 Å². The molecule has 0 aliphatic carbocycles. The second-order valence-corrected chi connectivity index (χ2v) is 4.06. The molecular formula is C11H23FO3. The fraction of sp³-hybridized carbons (Fsp3) is 1.00. The number of unbranched alkanes of at least 4 members (excludes halogenated alkanes) is 6. The molecule has 15 heavy (non-hydrogen) atoms. The lowest BCUT2D eigenvalue weighted by molar-refractivity contribution is -0.342. The van der Waals surface area contributed by atoms with Crippen LogP contribution >= 0.6 is 0 Å². The summed E-state index contributed by atoms with van der Waals surface area (Å²) in [6, 6.07) is 0. The molecule has 1 atom stereocenters. The lowest BCUT2D eigenvalue weighted by atomic mass is 10.1. The molecule has 1 unspecified atom stereocenters. The fourth-order valence-corrected chi connectivity index (χ4v) is 1.47. The van der Waals surface area contributed by atoms with Crippen molar-refractivity contribution in [3.63, 3.8) is 0 Å². The van der Waals surface area contributed by atoms with Crippen molar-refractivity contribution in [2.45, 2.75) is 70.4 Å². The Morgan fingerprint density at radius 2 is 1.40 bits per heavy atom. The van der Waals surface area contributed by atoms with Crippen LogP contribution in [-0.2, 0) is 0 Å². The third-order valence-corrected chi connectivity index (χ3v) is 2.48. The van der Waals surface area contributed by atoms with Gasteiger partial charge in [-0.3, -0.25) is 0 Å². The van der Waals surface area contributed by atoms with Gasteiger partial charge in [0.05, 0.1) is 0 Å². The van der Waals surface area contributed by atoms with Crippen LogP contribution in [0.4, 0.5) is 4.39 Å². The standard InChI is InChI=1S/C11H23FO3/c1-2-3-4-5-6-7-8-9-10(12)11(13,14)15/h10,13-15H,2-9H2,1H3. The van der Waals surface area contributed by atoms with Crippen LogP contribution < -0.4 is 0 Å². The lowest BCUT2D eigenvalue weighted by Gasteiger charge is -2.18. The van der Waals surface area contributed by atoms with E-state index in [4.69, 9.17) is 15.3 Å². The summed E-state index contributed by atoms with van der Waals surface area (Å²) in [7, 11) is 0. The highest BCUT2D eigenvalue weighted by atomic mass is 19.1. The minimum absolute atomic E-state index is 0.00270. The average molecular weight is 222 g/mol. The molecule has 0 aromatic heterocycles. The molecule has 0 aromatic rings. The van der Waals surface area contributed by atoms with Crippen LogP contribution in [0.15, 0.2) is 0 Å². The predicted molar refractivity (Wildman–Crippen MR) is 56.9 cm³/mol. The van der Waals surface area contributed by atoms with E-state index >= 15 is 0 Å². The molecule has 92 valence electrons. The quantitative estimate of drug-likeness (QED) is 0.413. The molecule has 4 heteroatoms. The minimum Gasteiger partial charge on any atom is -0.341 e. The van der Waals surface area contributed by atoms with Gasteiger partial charge in [-0.1, -0.05) is 51.9 Å². The number of hydrogen-bond acceptors (Lipinski definition) is 3. The minimum atomic E-state index is -3.16. The van der Waals surface area contributed by atoms with Crippen LogP contribution in [0.3, 0.4) is 0 Å². The Kier molecular flexibility index (Phi) is 7.92. The summed E-state index contributed by atoms with van der Waals surface area (Å²) in [5.41, 5.74) is 0. The van der Waals surface area contributed by atoms with Gasteiger partial charge in [-0.2, -0.15) is 0 Å². The molecule has 0 fully saturated rings. The first-order valence-corrected chi connectivity index (χ1v) is 5.79. The molecule has 0 rings (SSSR count). The summed E-state index contributed by atoms with van der Waals surface area (Å²) in [4.78, 5) is 0. The summed E-state index contributed by atoms with van der Waals surface area (Å²) in [5.74, 6) is -3.16. The maximum absolute atomic E-state index is 12.8. The molecule has 0 radical (unpaired) electrons. The SMILES string of the molecule is CCCCCCCCCC(F)C(O)(O)O. The number of alkyl halides is 1. The summed E-state index contributed by atoms with van der Waals surface area (Å²) in [6.07, 6.45) is 5.32. The van der Waals surface area contributed by atoms with E-state index in [1.54, 1.807) is 0 Å². The maximum atomic E-state index is 12.8. The first kappa shape index (κ1) is 14.8. The van der Waals surface area contributed by atoms with Crippen LogP contribution in [0.2, 0.25) is 0 Å². The van der Waals surface area contributed by atoms with Gasteiger partial charge in [0.1, 0.15) is 0 Å². The molecule has 3 nitrogen and oxygen atoms in total. The topological polar surface area (TPSA) is 60.7 Å². The van der Waals surface area contributed by atoms with Gasteiger partial charge in [0.2, 0.25) is 0 Å². The monoisotopic (exact) mass is 222 g/mol. The van der Waals surface area contributed by atoms with Gasteiger partial charge in [0, 0.05) is 0 Å². The van der Waals surface area contributed by atoms with Crippen molar-refractivity contribution in [2.75, 3.05) is 0 Å². The fourth-order valence-electron chi connectivity index (χ4n) is 1.47. The van der Waals surface area contributed by atoms with Crippen molar-refractivity contribution in [1.29, 1.82) is 0 Å². The molecule has 0 aliphatic rings. The summed E-state index contributed by atoms with van der Waals surface area (Å²) in [5, 5.41) is 25.5. The van der Waals surface area contributed by atoms with Crippen LogP contribution in [0, 0.1) is 0 Å². The molecular weight excluding hydrogens is 199 g/mol. The molecule has 0 bridgehead atoms. The second kappa shape index (κ2) is 8.02. The highest BCUT2D eigenvalue weighted by Crippen LogP contribution is 2.16. The molecule has 0 heterocycles. The Labute approximate surface area is 90.9 Å². The maximum Gasteiger partial charge on any atom is 0.308 e. The van der Waals surface area contributed by atoms with Crippen molar-refractivity contribution in [1.82, 2.24) is 0 Å². The Hall–Kier alpha value is -0.190. The van der Waals surface area contributed by atoms with Crippen molar-refractivity contribution >= 4 is 0 Å². The van der Waals surface area contributed by atoms with Crippen LogP contribution in [0.25, 0.3) is 0 Å². The van der Waals surface area contributed by atoms with Crippen molar-refractivity contribution < 1.29 is 19.7 Å². The van der Waals surface area contributed by atoms with Crippen molar-refractivity contribution in [2.24, 2.45) is 0 Å². The lowest BCUT2D eigenvalue weighted by Crippen LogP contribution is -2.38. The van der Waals surface area contributed by atoms with E-state index < -0.39 is 12.1 Å². The molecule has 0 saturated heterocycles. The van der Waals surface area contributed by atoms with Crippen LogP contribution in [0.5, 0.6) is 0 Å². The van der Waals surface area contributed by atoms with Crippen LogP contribution in [0.1, 0.15) is 58.3 Å². The smallest absolute Gasteiger partial charge is 0.308 e. The molecule has 0 spiro atoms. The predicted octanol–water partition coefficient (Wildman–Crippen LogP) is 2.10. The molecule has 0 aliphatic heterocycles. The molecule has 0 saturated carbocycles. The van der Waals surface area contributed by atoms with E-state index in [1.165, 1.54) is 19.3 Å². The van der Waals surface area contributed by atoms with Crippen LogP contribution in [-0.4, -0.2) is 27.5 Å². The molecule has 0 aromatic carbocycles. The summed E-state index contributed by atoms with van der Waals surface area (Å²) < 4.78 is 12.8. The highest BCUT2D eigenvalue weighted by Gasteiger charge is 2.31. The zero-order chi connectivity index (χ0) is 11.7. The summed E-state index contributed by atoms with van der Waals surface area (Å²) in [6.45, 7) is 2.15. The Bertz CT molecular complexity index is 145. The van der Waals surface area contributed by atoms with Gasteiger partial charge < -0.3 is 15.3 Å². The number of rotatable bonds is 9. The van der Waals surface area contributed by atoms with E-state index in [2.05, 4.69) is 6.92 Å². The van der Waals surface area contributed by atoms with Crippen molar-refractivity contribution in [3.05, 3.63) is 0 Å². The van der Waals surface area contributed by atoms with E-state index in [1.807, 2.05) is 0 Å². The van der Waals surface area contributed by atoms with E-state index in [-0.39, 0.29) is 6.42 Å². The first-order valence-electron chi connectivity index (χ1n) is 5.79. The van der Waals surface area contributed by atoms with Gasteiger partial charge in [0.25, 0.3) is 0 Å². The average Bonchev–Trinajstić information content (AvgIpc) is 2.14. The first-order chi connectivity index (χ1) is 6.98. The van der Waals surface area contributed by atoms with Gasteiger partial charge in [-0.05, 0) is 6.42 Å². The Balaban J connectivity index is 3.24. The normalized spacial score (nSPS) is 14.2. The van der Waals surface area contributed by atoms with Gasteiger partial charge in [0.15, 0.2) is 6.17 Å². The number of hydrogen-bond donors (Lipinski definition) is 3. The Morgan fingerprint density at radius 1 is 0.933 bits per heavy atom. The number of halogens is 1. The zero-order valence-electron chi connectivity index (χ0n) is 9.45. The number of aliphatic hydroxyl groups is 3. The zero-order valence-corrected chi connectivity index (χ0v) is 9.45. The highest BCUT2D eigenvalue weighted by molar-refractivity contribution is 4.63. The Morgan fingerprint density at radius 3 is 1.87 bits per heavy atom. The van der Waals surface area contributed by atoms with E-state index in [0.717, 1.165) is 19.3 Å².